The first-order valence-electron chi connectivity index (χ1n) is 3.83. The highest BCUT2D eigenvalue weighted by Gasteiger charge is 2.40. The Balaban J connectivity index is 2.03. The summed E-state index contributed by atoms with van der Waals surface area (Å²) in [5.41, 5.74) is -0.199. The molecule has 0 aromatic heterocycles. The number of ether oxygens (including phenoxy) is 2. The van der Waals surface area contributed by atoms with Gasteiger partial charge in [0.25, 0.3) is 0 Å². The highest BCUT2D eigenvalue weighted by atomic mass is 16.6. The highest BCUT2D eigenvalue weighted by Crippen LogP contribution is 2.23. The van der Waals surface area contributed by atoms with Crippen LogP contribution in [0.15, 0.2) is 0 Å². The van der Waals surface area contributed by atoms with Gasteiger partial charge in [-0.15, -0.1) is 0 Å². The summed E-state index contributed by atoms with van der Waals surface area (Å²) in [6.07, 6.45) is 1.66. The van der Waals surface area contributed by atoms with E-state index in [9.17, 15) is 4.79 Å². The molecule has 4 nitrogen and oxygen atoms in total. The van der Waals surface area contributed by atoms with Crippen LogP contribution in [0.2, 0.25) is 0 Å². The summed E-state index contributed by atoms with van der Waals surface area (Å²) in [6.45, 7) is 1.86. The van der Waals surface area contributed by atoms with E-state index >= 15 is 0 Å². The zero-order chi connectivity index (χ0) is 7.73. The number of nitrogens with one attached hydrogen (secondary N) is 1. The fourth-order valence-electron chi connectivity index (χ4n) is 1.56. The Morgan fingerprint density at radius 3 is 2.91 bits per heavy atom. The van der Waals surface area contributed by atoms with E-state index in [1.165, 1.54) is 0 Å². The first-order valence-corrected chi connectivity index (χ1v) is 3.83. The predicted octanol–water partition coefficient (Wildman–Crippen LogP) is 0.275. The lowest BCUT2D eigenvalue weighted by Gasteiger charge is -2.30. The van der Waals surface area contributed by atoms with Crippen LogP contribution in [0.1, 0.15) is 12.8 Å². The normalized spacial score (nSPS) is 36.9. The van der Waals surface area contributed by atoms with Gasteiger partial charge in [0.15, 0.2) is 0 Å². The third-order valence-corrected chi connectivity index (χ3v) is 2.17. The van der Waals surface area contributed by atoms with Crippen LogP contribution in [0.5, 0.6) is 0 Å². The van der Waals surface area contributed by atoms with Crippen molar-refractivity contribution < 1.29 is 14.3 Å². The second kappa shape index (κ2) is 2.37. The molecule has 2 rings (SSSR count). The number of carbonyl (C=O) groups is 1. The van der Waals surface area contributed by atoms with E-state index in [0.717, 1.165) is 19.4 Å². The SMILES string of the molecule is O=C1NC2(CCCOC2)CO1. The second-order valence-corrected chi connectivity index (χ2v) is 3.14. The van der Waals surface area contributed by atoms with Gasteiger partial charge in [-0.25, -0.2) is 4.79 Å². The molecule has 0 aromatic rings. The second-order valence-electron chi connectivity index (χ2n) is 3.14. The molecule has 4 heteroatoms. The van der Waals surface area contributed by atoms with Crippen molar-refractivity contribution in [3.63, 3.8) is 0 Å². The molecular weight excluding hydrogens is 146 g/mol. The Morgan fingerprint density at radius 2 is 2.36 bits per heavy atom. The topological polar surface area (TPSA) is 47.6 Å². The van der Waals surface area contributed by atoms with Gasteiger partial charge in [-0.1, -0.05) is 0 Å². The Morgan fingerprint density at radius 1 is 1.45 bits per heavy atom. The predicted molar refractivity (Wildman–Crippen MR) is 37.3 cm³/mol. The van der Waals surface area contributed by atoms with E-state index in [0.29, 0.717) is 13.2 Å². The molecule has 1 amide bonds. The van der Waals surface area contributed by atoms with Crippen LogP contribution in [0.4, 0.5) is 4.79 Å². The Hall–Kier alpha value is -0.770. The maximum absolute atomic E-state index is 10.7. The van der Waals surface area contributed by atoms with Crippen molar-refractivity contribution >= 4 is 6.09 Å². The van der Waals surface area contributed by atoms with Crippen LogP contribution >= 0.6 is 0 Å². The monoisotopic (exact) mass is 157 g/mol. The van der Waals surface area contributed by atoms with Crippen molar-refractivity contribution in [1.29, 1.82) is 0 Å². The summed E-state index contributed by atoms with van der Waals surface area (Å²) in [7, 11) is 0. The minimum absolute atomic E-state index is 0.199. The van der Waals surface area contributed by atoms with Crippen molar-refractivity contribution in [3.8, 4) is 0 Å². The van der Waals surface area contributed by atoms with Gasteiger partial charge >= 0.3 is 6.09 Å². The molecule has 11 heavy (non-hydrogen) atoms. The summed E-state index contributed by atoms with van der Waals surface area (Å²) < 4.78 is 10.1. The lowest BCUT2D eigenvalue weighted by molar-refractivity contribution is 0.0240. The van der Waals surface area contributed by atoms with Crippen LogP contribution in [-0.2, 0) is 9.47 Å². The van der Waals surface area contributed by atoms with Crippen LogP contribution in [-0.4, -0.2) is 31.5 Å². The number of cyclic esters (lactones) is 1. The summed E-state index contributed by atoms with van der Waals surface area (Å²) in [5.74, 6) is 0. The summed E-state index contributed by atoms with van der Waals surface area (Å²) in [5, 5.41) is 2.78. The van der Waals surface area contributed by atoms with Crippen LogP contribution in [0.3, 0.4) is 0 Å². The molecule has 2 fully saturated rings. The van der Waals surface area contributed by atoms with E-state index in [4.69, 9.17) is 9.47 Å². The summed E-state index contributed by atoms with van der Waals surface area (Å²) in [4.78, 5) is 10.7. The number of amides is 1. The molecule has 2 aliphatic heterocycles. The van der Waals surface area contributed by atoms with Crippen LogP contribution in [0, 0.1) is 0 Å². The van der Waals surface area contributed by atoms with Gasteiger partial charge in [0.1, 0.15) is 12.1 Å². The largest absolute Gasteiger partial charge is 0.447 e. The molecule has 0 radical (unpaired) electrons. The third-order valence-electron chi connectivity index (χ3n) is 2.17. The molecular formula is C7H11NO3. The third kappa shape index (κ3) is 1.18. The number of hydrogen-bond acceptors (Lipinski definition) is 3. The zero-order valence-electron chi connectivity index (χ0n) is 6.26. The summed E-state index contributed by atoms with van der Waals surface area (Å²) in [6, 6.07) is 0. The molecule has 1 N–H and O–H groups in total. The maximum atomic E-state index is 10.7. The molecule has 0 aromatic carbocycles. The van der Waals surface area contributed by atoms with Gasteiger partial charge in [0, 0.05) is 6.61 Å². The van der Waals surface area contributed by atoms with Gasteiger partial charge in [0.2, 0.25) is 0 Å². The smallest absolute Gasteiger partial charge is 0.407 e. The van der Waals surface area contributed by atoms with E-state index in [1.807, 2.05) is 0 Å². The Kier molecular flexibility index (Phi) is 1.49. The number of carbonyl (C=O) groups excluding carboxylic acids is 1. The maximum Gasteiger partial charge on any atom is 0.407 e. The first kappa shape index (κ1) is 6.91. The van der Waals surface area contributed by atoms with Crippen molar-refractivity contribution in [1.82, 2.24) is 5.32 Å². The minimum atomic E-state index is -0.310. The standard InChI is InChI=1S/C7H11NO3/c9-6-8-7(5-11-6)2-1-3-10-4-7/h1-5H2,(H,8,9). The fourth-order valence-corrected chi connectivity index (χ4v) is 1.56. The number of rotatable bonds is 0. The number of hydrogen-bond donors (Lipinski definition) is 1. The summed E-state index contributed by atoms with van der Waals surface area (Å²) >= 11 is 0. The molecule has 62 valence electrons. The average molecular weight is 157 g/mol. The lowest BCUT2D eigenvalue weighted by Crippen LogP contribution is -2.50. The fraction of sp³-hybridized carbons (Fsp3) is 0.857. The van der Waals surface area contributed by atoms with Gasteiger partial charge in [-0.2, -0.15) is 0 Å². The molecule has 1 atom stereocenters. The minimum Gasteiger partial charge on any atom is -0.447 e. The van der Waals surface area contributed by atoms with Crippen LogP contribution < -0.4 is 5.32 Å². The molecule has 1 spiro atoms. The number of alkyl carbamates (subject to hydrolysis) is 1. The Bertz CT molecular complexity index is 175. The lowest BCUT2D eigenvalue weighted by atomic mass is 9.94. The first-order chi connectivity index (χ1) is 5.31. The van der Waals surface area contributed by atoms with E-state index in [2.05, 4.69) is 5.32 Å². The van der Waals surface area contributed by atoms with Crippen molar-refractivity contribution in [2.24, 2.45) is 0 Å². The molecule has 2 heterocycles. The molecule has 0 saturated carbocycles. The van der Waals surface area contributed by atoms with E-state index < -0.39 is 0 Å². The molecule has 2 aliphatic rings. The van der Waals surface area contributed by atoms with Crippen molar-refractivity contribution in [3.05, 3.63) is 0 Å². The molecule has 0 bridgehead atoms. The molecule has 0 aliphatic carbocycles. The van der Waals surface area contributed by atoms with Crippen molar-refractivity contribution in [2.75, 3.05) is 19.8 Å². The quantitative estimate of drug-likeness (QED) is 0.549. The van der Waals surface area contributed by atoms with Gasteiger partial charge < -0.3 is 14.8 Å². The van der Waals surface area contributed by atoms with Gasteiger partial charge in [-0.05, 0) is 12.8 Å². The molecule has 2 saturated heterocycles. The van der Waals surface area contributed by atoms with Crippen molar-refractivity contribution in [2.45, 2.75) is 18.4 Å². The van der Waals surface area contributed by atoms with Gasteiger partial charge in [0.05, 0.1) is 6.61 Å². The van der Waals surface area contributed by atoms with E-state index in [-0.39, 0.29) is 11.6 Å². The Labute approximate surface area is 64.9 Å². The average Bonchev–Trinajstić information content (AvgIpc) is 2.34. The molecule has 1 unspecified atom stereocenters. The zero-order valence-corrected chi connectivity index (χ0v) is 6.26. The van der Waals surface area contributed by atoms with Gasteiger partial charge in [-0.3, -0.25) is 0 Å². The van der Waals surface area contributed by atoms with E-state index in [1.54, 1.807) is 0 Å². The highest BCUT2D eigenvalue weighted by molar-refractivity contribution is 5.70. The van der Waals surface area contributed by atoms with Crippen LogP contribution in [0.25, 0.3) is 0 Å².